The Bertz CT molecular complexity index is 485. The van der Waals surface area contributed by atoms with Crippen LogP contribution in [0.25, 0.3) is 11.5 Å². The van der Waals surface area contributed by atoms with E-state index in [-0.39, 0.29) is 0 Å². The Hall–Kier alpha value is -1.33. The topological polar surface area (TPSA) is 50.7 Å². The fourth-order valence-corrected chi connectivity index (χ4v) is 2.46. The highest BCUT2D eigenvalue weighted by molar-refractivity contribution is 7.07. The molecule has 1 N–H and O–H groups in total. The standard InChI is InChI=1S/C13H18N4S/c1-4-14-6-5-11-9(2)16-13(17-10(11)3)12-7-18-8-15-12/h7-8,14H,4-6H2,1-3H3. The maximum absolute atomic E-state index is 4.56. The number of aromatic nitrogens is 3. The smallest absolute Gasteiger partial charge is 0.179 e. The Kier molecular flexibility index (Phi) is 4.38. The molecular weight excluding hydrogens is 244 g/mol. The number of hydrogen-bond donors (Lipinski definition) is 1. The lowest BCUT2D eigenvalue weighted by Crippen LogP contribution is -2.17. The number of aryl methyl sites for hydroxylation is 2. The van der Waals surface area contributed by atoms with Gasteiger partial charge in [0.25, 0.3) is 0 Å². The van der Waals surface area contributed by atoms with Crippen molar-refractivity contribution in [1.29, 1.82) is 0 Å². The van der Waals surface area contributed by atoms with Crippen molar-refractivity contribution >= 4 is 11.3 Å². The summed E-state index contributed by atoms with van der Waals surface area (Å²) in [5.41, 5.74) is 6.04. The number of hydrogen-bond acceptors (Lipinski definition) is 5. The van der Waals surface area contributed by atoms with Gasteiger partial charge in [0.2, 0.25) is 0 Å². The van der Waals surface area contributed by atoms with Crippen molar-refractivity contribution in [2.45, 2.75) is 27.2 Å². The van der Waals surface area contributed by atoms with Gasteiger partial charge in [-0.15, -0.1) is 11.3 Å². The van der Waals surface area contributed by atoms with Crippen molar-refractivity contribution in [2.24, 2.45) is 0 Å². The highest BCUT2D eigenvalue weighted by atomic mass is 32.1. The summed E-state index contributed by atoms with van der Waals surface area (Å²) in [4.78, 5) is 13.4. The second kappa shape index (κ2) is 6.02. The molecule has 0 saturated carbocycles. The highest BCUT2D eigenvalue weighted by Gasteiger charge is 2.10. The molecule has 5 heteroatoms. The molecule has 2 rings (SSSR count). The molecule has 0 aliphatic carbocycles. The summed E-state index contributed by atoms with van der Waals surface area (Å²) >= 11 is 1.57. The zero-order valence-electron chi connectivity index (χ0n) is 11.0. The number of rotatable bonds is 5. The van der Waals surface area contributed by atoms with E-state index in [0.717, 1.165) is 42.4 Å². The minimum Gasteiger partial charge on any atom is -0.317 e. The SMILES string of the molecule is CCNCCc1c(C)nc(-c2cscn2)nc1C. The number of thiazole rings is 1. The Balaban J connectivity index is 2.24. The van der Waals surface area contributed by atoms with Crippen LogP contribution in [0.4, 0.5) is 0 Å². The molecule has 4 nitrogen and oxygen atoms in total. The molecule has 0 radical (unpaired) electrons. The summed E-state index contributed by atoms with van der Waals surface area (Å²) in [6.45, 7) is 8.17. The van der Waals surface area contributed by atoms with Crippen LogP contribution in [0.1, 0.15) is 23.9 Å². The van der Waals surface area contributed by atoms with Gasteiger partial charge in [0.15, 0.2) is 5.82 Å². The van der Waals surface area contributed by atoms with Crippen molar-refractivity contribution in [2.75, 3.05) is 13.1 Å². The van der Waals surface area contributed by atoms with Crippen LogP contribution in [0.2, 0.25) is 0 Å². The summed E-state index contributed by atoms with van der Waals surface area (Å²) in [6.07, 6.45) is 0.975. The van der Waals surface area contributed by atoms with Gasteiger partial charge in [-0.05, 0) is 38.9 Å². The Labute approximate surface area is 112 Å². The zero-order chi connectivity index (χ0) is 13.0. The van der Waals surface area contributed by atoms with Crippen LogP contribution < -0.4 is 5.32 Å². The average Bonchev–Trinajstić information content (AvgIpc) is 2.86. The van der Waals surface area contributed by atoms with E-state index in [9.17, 15) is 0 Å². The zero-order valence-corrected chi connectivity index (χ0v) is 11.8. The first-order valence-electron chi connectivity index (χ1n) is 6.15. The summed E-state index contributed by atoms with van der Waals surface area (Å²) in [5.74, 6) is 0.735. The van der Waals surface area contributed by atoms with Gasteiger partial charge in [0.1, 0.15) is 5.69 Å². The van der Waals surface area contributed by atoms with Gasteiger partial charge in [-0.3, -0.25) is 0 Å². The van der Waals surface area contributed by atoms with E-state index in [1.165, 1.54) is 5.56 Å². The van der Waals surface area contributed by atoms with Crippen LogP contribution in [-0.2, 0) is 6.42 Å². The molecule has 0 aromatic carbocycles. The molecule has 0 unspecified atom stereocenters. The van der Waals surface area contributed by atoms with Crippen LogP contribution in [0.3, 0.4) is 0 Å². The van der Waals surface area contributed by atoms with Gasteiger partial charge in [0, 0.05) is 16.8 Å². The van der Waals surface area contributed by atoms with Gasteiger partial charge < -0.3 is 5.32 Å². The first-order chi connectivity index (χ1) is 8.72. The van der Waals surface area contributed by atoms with Crippen LogP contribution in [-0.4, -0.2) is 28.0 Å². The maximum Gasteiger partial charge on any atom is 0.179 e. The monoisotopic (exact) mass is 262 g/mol. The van der Waals surface area contributed by atoms with E-state index in [1.807, 2.05) is 24.7 Å². The van der Waals surface area contributed by atoms with E-state index < -0.39 is 0 Å². The minimum absolute atomic E-state index is 0.735. The van der Waals surface area contributed by atoms with Gasteiger partial charge in [0.05, 0.1) is 5.51 Å². The minimum atomic E-state index is 0.735. The summed E-state index contributed by atoms with van der Waals surface area (Å²) in [6, 6.07) is 0. The predicted molar refractivity (Wildman–Crippen MR) is 74.9 cm³/mol. The predicted octanol–water partition coefficient (Wildman–Crippen LogP) is 2.37. The molecule has 0 aliphatic rings. The van der Waals surface area contributed by atoms with E-state index in [4.69, 9.17) is 0 Å². The number of nitrogens with one attached hydrogen (secondary N) is 1. The van der Waals surface area contributed by atoms with Crippen LogP contribution in [0.5, 0.6) is 0 Å². The van der Waals surface area contributed by atoms with Crippen LogP contribution in [0, 0.1) is 13.8 Å². The van der Waals surface area contributed by atoms with Gasteiger partial charge in [-0.2, -0.15) is 0 Å². The Morgan fingerprint density at radius 1 is 1.22 bits per heavy atom. The largest absolute Gasteiger partial charge is 0.317 e. The average molecular weight is 262 g/mol. The summed E-state index contributed by atoms with van der Waals surface area (Å²) in [7, 11) is 0. The third-order valence-corrected chi connectivity index (χ3v) is 3.47. The lowest BCUT2D eigenvalue weighted by Gasteiger charge is -2.10. The third kappa shape index (κ3) is 2.91. The van der Waals surface area contributed by atoms with Crippen LogP contribution in [0.15, 0.2) is 10.9 Å². The Morgan fingerprint density at radius 3 is 2.50 bits per heavy atom. The van der Waals surface area contributed by atoms with Crippen molar-refractivity contribution in [3.63, 3.8) is 0 Å². The van der Waals surface area contributed by atoms with Gasteiger partial charge in [-0.1, -0.05) is 6.92 Å². The quantitative estimate of drug-likeness (QED) is 0.841. The number of nitrogens with zero attached hydrogens (tertiary/aromatic N) is 3. The highest BCUT2D eigenvalue weighted by Crippen LogP contribution is 2.18. The molecule has 2 aromatic rings. The molecule has 2 heterocycles. The molecule has 0 bridgehead atoms. The summed E-state index contributed by atoms with van der Waals surface area (Å²) in [5, 5.41) is 5.31. The van der Waals surface area contributed by atoms with Crippen molar-refractivity contribution in [1.82, 2.24) is 20.3 Å². The lowest BCUT2D eigenvalue weighted by atomic mass is 10.1. The van der Waals surface area contributed by atoms with Crippen molar-refractivity contribution in [3.05, 3.63) is 27.8 Å². The van der Waals surface area contributed by atoms with E-state index in [1.54, 1.807) is 11.3 Å². The van der Waals surface area contributed by atoms with Gasteiger partial charge >= 0.3 is 0 Å². The Morgan fingerprint density at radius 2 is 1.94 bits per heavy atom. The normalized spacial score (nSPS) is 10.8. The molecule has 0 fully saturated rings. The maximum atomic E-state index is 4.56. The second-order valence-electron chi connectivity index (χ2n) is 4.17. The lowest BCUT2D eigenvalue weighted by molar-refractivity contribution is 0.708. The van der Waals surface area contributed by atoms with Crippen molar-refractivity contribution < 1.29 is 0 Å². The third-order valence-electron chi connectivity index (χ3n) is 2.88. The number of likely N-dealkylation sites (N-methyl/N-ethyl adjacent to an activating group) is 1. The fourth-order valence-electron chi connectivity index (χ4n) is 1.93. The molecule has 0 atom stereocenters. The first-order valence-corrected chi connectivity index (χ1v) is 7.10. The van der Waals surface area contributed by atoms with E-state index in [2.05, 4.69) is 27.2 Å². The van der Waals surface area contributed by atoms with Crippen LogP contribution >= 0.6 is 11.3 Å². The molecule has 0 spiro atoms. The van der Waals surface area contributed by atoms with E-state index in [0.29, 0.717) is 0 Å². The molecule has 18 heavy (non-hydrogen) atoms. The fraction of sp³-hybridized carbons (Fsp3) is 0.462. The molecule has 0 aliphatic heterocycles. The second-order valence-corrected chi connectivity index (χ2v) is 4.89. The molecule has 0 saturated heterocycles. The molecule has 2 aromatic heterocycles. The molecule has 96 valence electrons. The first kappa shape index (κ1) is 13.1. The molecule has 0 amide bonds. The van der Waals surface area contributed by atoms with Gasteiger partial charge in [-0.25, -0.2) is 15.0 Å². The summed E-state index contributed by atoms with van der Waals surface area (Å²) < 4.78 is 0. The van der Waals surface area contributed by atoms with Crippen molar-refractivity contribution in [3.8, 4) is 11.5 Å². The molecular formula is C13H18N4S. The van der Waals surface area contributed by atoms with E-state index >= 15 is 0 Å².